The van der Waals surface area contributed by atoms with Crippen molar-refractivity contribution < 1.29 is 0 Å². The van der Waals surface area contributed by atoms with Crippen LogP contribution in [-0.4, -0.2) is 6.54 Å². The van der Waals surface area contributed by atoms with Crippen LogP contribution < -0.4 is 14.7 Å². The summed E-state index contributed by atoms with van der Waals surface area (Å²) in [5.74, 6) is 0. The van der Waals surface area contributed by atoms with E-state index in [0.29, 0.717) is 0 Å². The van der Waals surface area contributed by atoms with Gasteiger partial charge in [-0.05, 0) is 166 Å². The topological polar surface area (TPSA) is 9.72 Å². The first-order valence-corrected chi connectivity index (χ1v) is 24.7. The molecule has 8 aromatic carbocycles. The highest BCUT2D eigenvalue weighted by atomic mass is 15.3. The van der Waals surface area contributed by atoms with Crippen molar-refractivity contribution in [2.75, 3.05) is 21.2 Å². The Kier molecular flexibility index (Phi) is 9.49. The Morgan fingerprint density at radius 1 is 0.507 bits per heavy atom. The average molecular weight is 866 g/mol. The molecular weight excluding hydrogens is 811 g/mol. The highest BCUT2D eigenvalue weighted by Crippen LogP contribution is 2.55. The molecule has 0 fully saturated rings. The van der Waals surface area contributed by atoms with Gasteiger partial charge in [-0.3, -0.25) is 0 Å². The minimum atomic E-state index is -0.0921. The van der Waals surface area contributed by atoms with Gasteiger partial charge in [0, 0.05) is 40.1 Å². The number of allylic oxidation sites excluding steroid dienone is 3. The number of anilines is 6. The van der Waals surface area contributed by atoms with Crippen molar-refractivity contribution in [3.05, 3.63) is 226 Å². The fourth-order valence-electron chi connectivity index (χ4n) is 12.3. The van der Waals surface area contributed by atoms with E-state index in [0.717, 1.165) is 38.6 Å². The summed E-state index contributed by atoms with van der Waals surface area (Å²) in [4.78, 5) is 7.67. The lowest BCUT2D eigenvalue weighted by atomic mass is 9.80. The van der Waals surface area contributed by atoms with Gasteiger partial charge in [-0.2, -0.15) is 0 Å². The number of hydrogen-bond acceptors (Lipinski definition) is 3. The Morgan fingerprint density at radius 2 is 1.16 bits per heavy atom. The number of aryl methyl sites for hydroxylation is 1. The third kappa shape index (κ3) is 6.46. The van der Waals surface area contributed by atoms with Crippen LogP contribution in [0, 0.1) is 0 Å². The second-order valence-corrected chi connectivity index (χ2v) is 19.7. The molecule has 3 nitrogen and oxygen atoms in total. The lowest BCUT2D eigenvalue weighted by Crippen LogP contribution is -2.33. The van der Waals surface area contributed by atoms with E-state index in [1.54, 1.807) is 0 Å². The van der Waals surface area contributed by atoms with E-state index >= 15 is 0 Å². The SMILES string of the molecule is CC1(C)c2cc(C=Cc3ccc(-c4c5c(c(N6C7=C(CCC=C7)N(c7ccccc7)c7ccccc76)c6ccccc46)CCCC5)cc3)ccc2-c2ccc(N3CCCc4ccccc43)cc21. The molecule has 13 rings (SSSR count). The van der Waals surface area contributed by atoms with E-state index in [4.69, 9.17) is 0 Å². The van der Waals surface area contributed by atoms with E-state index in [2.05, 4.69) is 217 Å². The van der Waals surface area contributed by atoms with Gasteiger partial charge in [0.05, 0.1) is 22.8 Å². The molecule has 0 bridgehead atoms. The fourth-order valence-corrected chi connectivity index (χ4v) is 12.3. The number of benzene rings is 8. The van der Waals surface area contributed by atoms with Gasteiger partial charge in [-0.15, -0.1) is 0 Å². The van der Waals surface area contributed by atoms with Gasteiger partial charge in [0.2, 0.25) is 0 Å². The summed E-state index contributed by atoms with van der Waals surface area (Å²) < 4.78 is 0. The Labute approximate surface area is 395 Å². The molecule has 3 aliphatic carbocycles. The standard InChI is InChI=1S/C64H55N3/c1-64(2)55-41-44(34-38-49(55)50-39-37-48(42-56(50)64)65-40-16-18-45-17-6-11-25-57(45)65)31-30-43-32-35-46(36-33-43)62-51-21-7-9-23-53(51)63(54-24-10-8-22-52(54)62)67-60-28-14-12-26-58(60)66(47-19-4-3-5-20-47)59-27-13-15-29-61(59)67/h3-7,9,11-12,14-15,17,19-21,23,25-26,28-39,41-42H,8,10,13,16,18,22,24,27,40H2,1-2H3. The van der Waals surface area contributed by atoms with Crippen LogP contribution in [0.2, 0.25) is 0 Å². The van der Waals surface area contributed by atoms with Gasteiger partial charge in [-0.25, -0.2) is 0 Å². The van der Waals surface area contributed by atoms with E-state index < -0.39 is 0 Å². The summed E-state index contributed by atoms with van der Waals surface area (Å²) >= 11 is 0. The molecule has 0 N–H and O–H groups in total. The van der Waals surface area contributed by atoms with Gasteiger partial charge in [-0.1, -0.05) is 153 Å². The number of para-hydroxylation sites is 4. The van der Waals surface area contributed by atoms with Crippen molar-refractivity contribution >= 4 is 57.0 Å². The molecular formula is C64H55N3. The zero-order valence-electron chi connectivity index (χ0n) is 38.6. The van der Waals surface area contributed by atoms with Gasteiger partial charge in [0.15, 0.2) is 0 Å². The summed E-state index contributed by atoms with van der Waals surface area (Å²) in [6.45, 7) is 5.86. The zero-order valence-corrected chi connectivity index (χ0v) is 38.6. The minimum Gasteiger partial charge on any atom is -0.341 e. The van der Waals surface area contributed by atoms with Gasteiger partial charge in [0.1, 0.15) is 0 Å². The molecule has 0 spiro atoms. The van der Waals surface area contributed by atoms with E-state index in [9.17, 15) is 0 Å². The number of nitrogens with zero attached hydrogens (tertiary/aromatic N) is 3. The Hall–Kier alpha value is -7.36. The Morgan fingerprint density at radius 3 is 1.99 bits per heavy atom. The van der Waals surface area contributed by atoms with Crippen molar-refractivity contribution in [3.8, 4) is 22.3 Å². The number of hydrogen-bond donors (Lipinski definition) is 0. The molecule has 0 amide bonds. The maximum absolute atomic E-state index is 2.63. The van der Waals surface area contributed by atoms with Gasteiger partial charge in [0.25, 0.3) is 0 Å². The predicted octanol–water partition coefficient (Wildman–Crippen LogP) is 16.8. The fraction of sp³-hybridized carbons (Fsp3) is 0.188. The van der Waals surface area contributed by atoms with Crippen molar-refractivity contribution in [1.82, 2.24) is 0 Å². The van der Waals surface area contributed by atoms with Crippen molar-refractivity contribution in [2.45, 2.75) is 70.6 Å². The maximum Gasteiger partial charge on any atom is 0.0703 e. The highest BCUT2D eigenvalue weighted by Gasteiger charge is 2.38. The molecule has 2 heterocycles. The van der Waals surface area contributed by atoms with Crippen LogP contribution in [0.5, 0.6) is 0 Å². The first-order chi connectivity index (χ1) is 33.0. The van der Waals surface area contributed by atoms with Crippen LogP contribution in [0.25, 0.3) is 45.2 Å². The van der Waals surface area contributed by atoms with Gasteiger partial charge >= 0.3 is 0 Å². The molecule has 8 aromatic rings. The van der Waals surface area contributed by atoms with Crippen molar-refractivity contribution in [2.24, 2.45) is 0 Å². The Balaban J connectivity index is 0.840. The molecule has 2 aliphatic heterocycles. The third-order valence-corrected chi connectivity index (χ3v) is 15.5. The molecule has 0 atom stereocenters. The maximum atomic E-state index is 2.63. The minimum absolute atomic E-state index is 0.0921. The van der Waals surface area contributed by atoms with Crippen LogP contribution in [0.15, 0.2) is 187 Å². The normalized spacial score (nSPS) is 16.7. The average Bonchev–Trinajstić information content (AvgIpc) is 3.61. The quantitative estimate of drug-likeness (QED) is 0.154. The van der Waals surface area contributed by atoms with Gasteiger partial charge < -0.3 is 14.7 Å². The first-order valence-electron chi connectivity index (χ1n) is 24.7. The molecule has 0 unspecified atom stereocenters. The summed E-state index contributed by atoms with van der Waals surface area (Å²) in [6.07, 6.45) is 18.3. The summed E-state index contributed by atoms with van der Waals surface area (Å²) in [6, 6.07) is 61.8. The van der Waals surface area contributed by atoms with E-state index in [1.807, 2.05) is 0 Å². The van der Waals surface area contributed by atoms with Crippen molar-refractivity contribution in [1.29, 1.82) is 0 Å². The summed E-state index contributed by atoms with van der Waals surface area (Å²) in [7, 11) is 0. The molecule has 0 saturated carbocycles. The number of rotatable bonds is 6. The van der Waals surface area contributed by atoms with E-state index in [-0.39, 0.29) is 5.41 Å². The second-order valence-electron chi connectivity index (χ2n) is 19.7. The monoisotopic (exact) mass is 865 g/mol. The van der Waals surface area contributed by atoms with Crippen LogP contribution in [0.3, 0.4) is 0 Å². The highest BCUT2D eigenvalue weighted by molar-refractivity contribution is 6.10. The molecule has 67 heavy (non-hydrogen) atoms. The number of fused-ring (bicyclic) bond motifs is 7. The van der Waals surface area contributed by atoms with Crippen LogP contribution in [0.1, 0.15) is 84.9 Å². The van der Waals surface area contributed by atoms with Crippen LogP contribution in [0.4, 0.5) is 34.1 Å². The first kappa shape index (κ1) is 40.0. The smallest absolute Gasteiger partial charge is 0.0703 e. The molecule has 326 valence electrons. The molecule has 0 saturated heterocycles. The molecule has 0 aromatic heterocycles. The molecule has 3 heteroatoms. The predicted molar refractivity (Wildman–Crippen MR) is 283 cm³/mol. The largest absolute Gasteiger partial charge is 0.341 e. The van der Waals surface area contributed by atoms with Crippen molar-refractivity contribution in [3.63, 3.8) is 0 Å². The third-order valence-electron chi connectivity index (χ3n) is 15.5. The lowest BCUT2D eigenvalue weighted by Gasteiger charge is -2.44. The zero-order chi connectivity index (χ0) is 44.6. The van der Waals surface area contributed by atoms with Crippen LogP contribution in [-0.2, 0) is 24.7 Å². The Bertz CT molecular complexity index is 3370. The summed E-state index contributed by atoms with van der Waals surface area (Å²) in [5, 5.41) is 2.66. The van der Waals surface area contributed by atoms with Crippen LogP contribution >= 0.6 is 0 Å². The molecule has 0 radical (unpaired) electrons. The molecule has 5 aliphatic rings. The second kappa shape index (κ2) is 15.9. The lowest BCUT2D eigenvalue weighted by molar-refractivity contribution is 0.659. The van der Waals surface area contributed by atoms with E-state index in [1.165, 1.54) is 137 Å². The summed E-state index contributed by atoms with van der Waals surface area (Å²) in [5.41, 5.74) is 25.5.